The maximum Gasteiger partial charge on any atom is 0.330 e. The maximum absolute atomic E-state index is 12.4. The molecular formula is C10H12F4O2S. The van der Waals surface area contributed by atoms with Crippen molar-refractivity contribution in [3.8, 4) is 0 Å². The molecule has 1 heterocycles. The van der Waals surface area contributed by atoms with Crippen LogP contribution >= 0.6 is 11.3 Å². The van der Waals surface area contributed by atoms with E-state index in [0.717, 1.165) is 4.88 Å². The standard InChI is InChI=1S/C10H12F4O2S/c1-6-2-3-8(17-6)7(15)4-16-5-10(13,14)9(11)12/h2-3,7,9,15H,4-5H2,1H3. The molecule has 0 saturated heterocycles. The molecule has 7 heteroatoms. The van der Waals surface area contributed by atoms with Crippen molar-refractivity contribution < 1.29 is 27.4 Å². The Morgan fingerprint density at radius 2 is 2.06 bits per heavy atom. The molecule has 2 nitrogen and oxygen atoms in total. The number of aliphatic hydroxyl groups is 1. The number of hydrogen-bond acceptors (Lipinski definition) is 3. The van der Waals surface area contributed by atoms with Gasteiger partial charge in [0.05, 0.1) is 6.61 Å². The van der Waals surface area contributed by atoms with Crippen LogP contribution in [0.2, 0.25) is 0 Å². The molecule has 1 N–H and O–H groups in total. The van der Waals surface area contributed by atoms with Crippen molar-refractivity contribution >= 4 is 11.3 Å². The van der Waals surface area contributed by atoms with Gasteiger partial charge in [0, 0.05) is 9.75 Å². The number of thiophene rings is 1. The lowest BCUT2D eigenvalue weighted by atomic mass is 10.3. The monoisotopic (exact) mass is 272 g/mol. The zero-order valence-electron chi connectivity index (χ0n) is 9.00. The number of aryl methyl sites for hydroxylation is 1. The summed E-state index contributed by atoms with van der Waals surface area (Å²) in [5, 5.41) is 9.52. The molecule has 0 bridgehead atoms. The Balaban J connectivity index is 2.37. The van der Waals surface area contributed by atoms with Gasteiger partial charge < -0.3 is 9.84 Å². The number of alkyl halides is 4. The third-order valence-corrected chi connectivity index (χ3v) is 3.08. The Kier molecular flexibility index (Phi) is 4.91. The predicted molar refractivity (Wildman–Crippen MR) is 55.8 cm³/mol. The van der Waals surface area contributed by atoms with Crippen LogP contribution in [0.3, 0.4) is 0 Å². The summed E-state index contributed by atoms with van der Waals surface area (Å²) in [5.74, 6) is -4.18. The number of halogens is 4. The Morgan fingerprint density at radius 3 is 2.53 bits per heavy atom. The highest BCUT2D eigenvalue weighted by Gasteiger charge is 2.41. The van der Waals surface area contributed by atoms with Gasteiger partial charge in [-0.3, -0.25) is 0 Å². The lowest BCUT2D eigenvalue weighted by molar-refractivity contribution is -0.170. The molecule has 0 saturated carbocycles. The van der Waals surface area contributed by atoms with E-state index in [1.807, 2.05) is 6.92 Å². The van der Waals surface area contributed by atoms with Crippen molar-refractivity contribution in [1.82, 2.24) is 0 Å². The Bertz CT molecular complexity index is 354. The molecule has 0 aliphatic carbocycles. The average molecular weight is 272 g/mol. The molecule has 1 rings (SSSR count). The van der Waals surface area contributed by atoms with Gasteiger partial charge in [-0.1, -0.05) is 0 Å². The van der Waals surface area contributed by atoms with Crippen LogP contribution in [0.1, 0.15) is 15.9 Å². The molecule has 1 atom stereocenters. The minimum absolute atomic E-state index is 0.428. The molecule has 0 radical (unpaired) electrons. The van der Waals surface area contributed by atoms with Gasteiger partial charge in [-0.05, 0) is 19.1 Å². The van der Waals surface area contributed by atoms with Crippen molar-refractivity contribution in [2.75, 3.05) is 13.2 Å². The summed E-state index contributed by atoms with van der Waals surface area (Å²) in [6.07, 6.45) is -4.83. The lowest BCUT2D eigenvalue weighted by Crippen LogP contribution is -2.33. The van der Waals surface area contributed by atoms with Crippen LogP contribution in [-0.2, 0) is 4.74 Å². The van der Waals surface area contributed by atoms with Gasteiger partial charge in [0.2, 0.25) is 0 Å². The van der Waals surface area contributed by atoms with Crippen molar-refractivity contribution in [3.63, 3.8) is 0 Å². The molecule has 0 fully saturated rings. The Labute approximate surface area is 99.8 Å². The first-order valence-electron chi connectivity index (χ1n) is 4.81. The van der Waals surface area contributed by atoms with Crippen LogP contribution in [0, 0.1) is 6.92 Å². The zero-order chi connectivity index (χ0) is 13.1. The first kappa shape index (κ1) is 14.4. The largest absolute Gasteiger partial charge is 0.385 e. The molecule has 1 aromatic heterocycles. The van der Waals surface area contributed by atoms with E-state index in [-0.39, 0.29) is 0 Å². The van der Waals surface area contributed by atoms with Crippen LogP contribution in [-0.4, -0.2) is 30.7 Å². The van der Waals surface area contributed by atoms with Crippen molar-refractivity contribution in [3.05, 3.63) is 21.9 Å². The third kappa shape index (κ3) is 4.25. The number of ether oxygens (including phenoxy) is 1. The van der Waals surface area contributed by atoms with Gasteiger partial charge in [0.15, 0.2) is 0 Å². The molecular weight excluding hydrogens is 260 g/mol. The summed E-state index contributed by atoms with van der Waals surface area (Å²) in [6, 6.07) is 3.40. The summed E-state index contributed by atoms with van der Waals surface area (Å²) < 4.78 is 52.9. The minimum atomic E-state index is -4.18. The van der Waals surface area contributed by atoms with E-state index in [0.29, 0.717) is 4.88 Å². The lowest BCUT2D eigenvalue weighted by Gasteiger charge is -2.16. The van der Waals surface area contributed by atoms with E-state index in [2.05, 4.69) is 4.74 Å². The summed E-state index contributed by atoms with van der Waals surface area (Å²) >= 11 is 1.29. The fraction of sp³-hybridized carbons (Fsp3) is 0.600. The fourth-order valence-electron chi connectivity index (χ4n) is 1.08. The Morgan fingerprint density at radius 1 is 1.41 bits per heavy atom. The van der Waals surface area contributed by atoms with Crippen LogP contribution in [0.15, 0.2) is 12.1 Å². The van der Waals surface area contributed by atoms with E-state index < -0.39 is 31.7 Å². The van der Waals surface area contributed by atoms with Crippen LogP contribution in [0.5, 0.6) is 0 Å². The normalized spacial score (nSPS) is 14.3. The van der Waals surface area contributed by atoms with Gasteiger partial charge in [-0.2, -0.15) is 8.78 Å². The highest BCUT2D eigenvalue weighted by molar-refractivity contribution is 7.12. The molecule has 98 valence electrons. The quantitative estimate of drug-likeness (QED) is 0.807. The summed E-state index contributed by atoms with van der Waals surface area (Å²) in [6.45, 7) is 0.00103. The van der Waals surface area contributed by atoms with Crippen molar-refractivity contribution in [2.24, 2.45) is 0 Å². The van der Waals surface area contributed by atoms with Gasteiger partial charge >= 0.3 is 12.3 Å². The molecule has 0 aliphatic rings. The van der Waals surface area contributed by atoms with E-state index in [1.54, 1.807) is 12.1 Å². The Hall–Kier alpha value is -0.660. The van der Waals surface area contributed by atoms with E-state index in [1.165, 1.54) is 11.3 Å². The predicted octanol–water partition coefficient (Wildman–Crippen LogP) is 3.01. The fourth-order valence-corrected chi connectivity index (χ4v) is 1.93. The van der Waals surface area contributed by atoms with E-state index in [4.69, 9.17) is 0 Å². The van der Waals surface area contributed by atoms with Crippen LogP contribution in [0.25, 0.3) is 0 Å². The minimum Gasteiger partial charge on any atom is -0.385 e. The second-order valence-electron chi connectivity index (χ2n) is 3.54. The second-order valence-corrected chi connectivity index (χ2v) is 4.86. The molecule has 0 aliphatic heterocycles. The highest BCUT2D eigenvalue weighted by Crippen LogP contribution is 2.25. The second kappa shape index (κ2) is 5.79. The molecule has 1 aromatic rings. The highest BCUT2D eigenvalue weighted by atomic mass is 32.1. The van der Waals surface area contributed by atoms with Gasteiger partial charge in [-0.25, -0.2) is 8.78 Å². The number of hydrogen-bond donors (Lipinski definition) is 1. The molecule has 0 spiro atoms. The number of rotatable bonds is 6. The molecule has 17 heavy (non-hydrogen) atoms. The number of aliphatic hydroxyl groups excluding tert-OH is 1. The van der Waals surface area contributed by atoms with Gasteiger partial charge in [-0.15, -0.1) is 11.3 Å². The third-order valence-electron chi connectivity index (χ3n) is 1.98. The van der Waals surface area contributed by atoms with Crippen molar-refractivity contribution in [1.29, 1.82) is 0 Å². The topological polar surface area (TPSA) is 29.5 Å². The zero-order valence-corrected chi connectivity index (χ0v) is 9.82. The van der Waals surface area contributed by atoms with Crippen LogP contribution < -0.4 is 0 Å². The smallest absolute Gasteiger partial charge is 0.330 e. The van der Waals surface area contributed by atoms with Crippen LogP contribution in [0.4, 0.5) is 17.6 Å². The first-order chi connectivity index (χ1) is 7.83. The van der Waals surface area contributed by atoms with Crippen molar-refractivity contribution in [2.45, 2.75) is 25.4 Å². The molecule has 1 unspecified atom stereocenters. The molecule has 0 aromatic carbocycles. The first-order valence-corrected chi connectivity index (χ1v) is 5.62. The summed E-state index contributed by atoms with van der Waals surface area (Å²) in [7, 11) is 0. The van der Waals surface area contributed by atoms with Gasteiger partial charge in [0.25, 0.3) is 0 Å². The van der Waals surface area contributed by atoms with E-state index in [9.17, 15) is 22.7 Å². The summed E-state index contributed by atoms with van der Waals surface area (Å²) in [4.78, 5) is 1.51. The average Bonchev–Trinajstić information content (AvgIpc) is 2.64. The van der Waals surface area contributed by atoms with Gasteiger partial charge in [0.1, 0.15) is 12.7 Å². The van der Waals surface area contributed by atoms with E-state index >= 15 is 0 Å². The maximum atomic E-state index is 12.4. The SMILES string of the molecule is Cc1ccc(C(O)COCC(F)(F)C(F)F)s1. The summed E-state index contributed by atoms with van der Waals surface area (Å²) in [5.41, 5.74) is 0. The molecule has 0 amide bonds.